The van der Waals surface area contributed by atoms with E-state index in [4.69, 9.17) is 9.47 Å². The van der Waals surface area contributed by atoms with E-state index in [1.165, 1.54) is 7.11 Å². The number of hydrogen-bond acceptors (Lipinski definition) is 5. The van der Waals surface area contributed by atoms with E-state index in [1.807, 2.05) is 19.1 Å². The zero-order valence-corrected chi connectivity index (χ0v) is 18.1. The van der Waals surface area contributed by atoms with Crippen LogP contribution in [0.5, 0.6) is 5.75 Å². The fourth-order valence-corrected chi connectivity index (χ4v) is 2.77. The summed E-state index contributed by atoms with van der Waals surface area (Å²) in [6, 6.07) is 3.93. The zero-order chi connectivity index (χ0) is 21.2. The molecule has 0 bridgehead atoms. The SMILES string of the molecule is CCC/C=C\CCOC(=O)CCc1cc(C)c(OC(=O)OC)c(C(C)(C)C)c1. The molecule has 0 spiro atoms. The third-order valence-electron chi connectivity index (χ3n) is 4.28. The van der Waals surface area contributed by atoms with Gasteiger partial charge in [-0.2, -0.15) is 0 Å². The Labute approximate surface area is 169 Å². The molecule has 0 aliphatic carbocycles. The first-order chi connectivity index (χ1) is 13.2. The average molecular weight is 391 g/mol. The van der Waals surface area contributed by atoms with Crippen LogP contribution in [0.3, 0.4) is 0 Å². The summed E-state index contributed by atoms with van der Waals surface area (Å²) in [5, 5.41) is 0. The molecule has 28 heavy (non-hydrogen) atoms. The first kappa shape index (κ1) is 23.7. The molecule has 1 rings (SSSR count). The molecule has 5 heteroatoms. The minimum absolute atomic E-state index is 0.200. The molecule has 0 saturated heterocycles. The summed E-state index contributed by atoms with van der Waals surface area (Å²) in [5.74, 6) is 0.318. The van der Waals surface area contributed by atoms with Crippen molar-refractivity contribution in [2.24, 2.45) is 0 Å². The van der Waals surface area contributed by atoms with Gasteiger partial charge in [-0.25, -0.2) is 4.79 Å². The summed E-state index contributed by atoms with van der Waals surface area (Å²) >= 11 is 0. The number of hydrogen-bond donors (Lipinski definition) is 0. The third kappa shape index (κ3) is 8.15. The van der Waals surface area contributed by atoms with Crippen LogP contribution in [0.1, 0.15) is 70.1 Å². The van der Waals surface area contributed by atoms with Crippen molar-refractivity contribution in [2.45, 2.75) is 72.1 Å². The molecule has 0 aromatic heterocycles. The van der Waals surface area contributed by atoms with E-state index < -0.39 is 6.16 Å². The molecule has 0 radical (unpaired) electrons. The average Bonchev–Trinajstić information content (AvgIpc) is 2.63. The lowest BCUT2D eigenvalue weighted by Crippen LogP contribution is -2.18. The van der Waals surface area contributed by atoms with Crippen molar-refractivity contribution in [3.05, 3.63) is 41.0 Å². The summed E-state index contributed by atoms with van der Waals surface area (Å²) in [5.41, 5.74) is 2.53. The van der Waals surface area contributed by atoms with E-state index in [1.54, 1.807) is 0 Å². The standard InChI is InChI=1S/C23H34O5/c1-7-8-9-10-11-14-27-20(24)13-12-18-15-17(2)21(28-22(25)26-6)19(16-18)23(3,4)5/h9-10,15-16H,7-8,11-14H2,1-6H3/b10-9-. The Morgan fingerprint density at radius 1 is 1.11 bits per heavy atom. The minimum atomic E-state index is -0.738. The Balaban J connectivity index is 2.75. The molecule has 0 heterocycles. The fraction of sp³-hybridized carbons (Fsp3) is 0.565. The summed E-state index contributed by atoms with van der Waals surface area (Å²) in [4.78, 5) is 23.6. The number of rotatable bonds is 9. The number of carbonyl (C=O) groups excluding carboxylic acids is 2. The monoisotopic (exact) mass is 390 g/mol. The van der Waals surface area contributed by atoms with Crippen molar-refractivity contribution in [1.82, 2.24) is 0 Å². The topological polar surface area (TPSA) is 61.8 Å². The minimum Gasteiger partial charge on any atom is -0.465 e. The second kappa shape index (κ2) is 11.5. The molecular weight excluding hydrogens is 356 g/mol. The molecule has 0 fully saturated rings. The number of ether oxygens (including phenoxy) is 3. The van der Waals surface area contributed by atoms with Crippen LogP contribution in [-0.2, 0) is 26.1 Å². The predicted octanol–water partition coefficient (Wildman–Crippen LogP) is 5.66. The maximum absolute atomic E-state index is 12.0. The Morgan fingerprint density at radius 2 is 1.79 bits per heavy atom. The lowest BCUT2D eigenvalue weighted by Gasteiger charge is -2.24. The number of unbranched alkanes of at least 4 members (excludes halogenated alkanes) is 1. The molecule has 5 nitrogen and oxygen atoms in total. The Kier molecular flexibility index (Phi) is 9.77. The van der Waals surface area contributed by atoms with Gasteiger partial charge in [0.15, 0.2) is 0 Å². The van der Waals surface area contributed by atoms with Gasteiger partial charge in [-0.05, 0) is 42.7 Å². The van der Waals surface area contributed by atoms with Crippen LogP contribution in [0, 0.1) is 6.92 Å². The highest BCUT2D eigenvalue weighted by molar-refractivity contribution is 5.70. The smallest absolute Gasteiger partial charge is 0.465 e. The predicted molar refractivity (Wildman–Crippen MR) is 111 cm³/mol. The second-order valence-electron chi connectivity index (χ2n) is 7.86. The van der Waals surface area contributed by atoms with E-state index in [0.29, 0.717) is 25.2 Å². The molecule has 0 saturated carbocycles. The van der Waals surface area contributed by atoms with Gasteiger partial charge in [0.2, 0.25) is 0 Å². The van der Waals surface area contributed by atoms with E-state index in [0.717, 1.165) is 36.0 Å². The molecular formula is C23H34O5. The summed E-state index contributed by atoms with van der Waals surface area (Å²) in [6.45, 7) is 10.6. The highest BCUT2D eigenvalue weighted by atomic mass is 16.7. The van der Waals surface area contributed by atoms with Crippen molar-refractivity contribution in [3.8, 4) is 5.75 Å². The highest BCUT2D eigenvalue weighted by Gasteiger charge is 2.23. The van der Waals surface area contributed by atoms with E-state index in [9.17, 15) is 9.59 Å². The number of aryl methyl sites for hydroxylation is 2. The van der Waals surface area contributed by atoms with Gasteiger partial charge in [0.25, 0.3) is 0 Å². The van der Waals surface area contributed by atoms with Gasteiger partial charge in [-0.15, -0.1) is 0 Å². The summed E-state index contributed by atoms with van der Waals surface area (Å²) in [6.07, 6.45) is 7.25. The van der Waals surface area contributed by atoms with Crippen LogP contribution in [0.2, 0.25) is 0 Å². The molecule has 0 aliphatic rings. The number of allylic oxidation sites excluding steroid dienone is 1. The van der Waals surface area contributed by atoms with E-state index in [2.05, 4.69) is 44.6 Å². The zero-order valence-electron chi connectivity index (χ0n) is 18.1. The second-order valence-corrected chi connectivity index (χ2v) is 7.86. The Hall–Kier alpha value is -2.30. The first-order valence-electron chi connectivity index (χ1n) is 9.89. The van der Waals surface area contributed by atoms with Crippen molar-refractivity contribution in [1.29, 1.82) is 0 Å². The van der Waals surface area contributed by atoms with Gasteiger partial charge in [-0.1, -0.05) is 58.4 Å². The quantitative estimate of drug-likeness (QED) is 0.236. The molecule has 0 amide bonds. The van der Waals surface area contributed by atoms with Crippen LogP contribution in [0.15, 0.2) is 24.3 Å². The first-order valence-corrected chi connectivity index (χ1v) is 9.89. The summed E-state index contributed by atoms with van der Waals surface area (Å²) in [7, 11) is 1.29. The fourth-order valence-electron chi connectivity index (χ4n) is 2.77. The van der Waals surface area contributed by atoms with Crippen molar-refractivity contribution in [2.75, 3.05) is 13.7 Å². The molecule has 1 aromatic rings. The summed E-state index contributed by atoms with van der Waals surface area (Å²) < 4.78 is 15.3. The maximum atomic E-state index is 12.0. The number of methoxy groups -OCH3 is 1. The van der Waals surface area contributed by atoms with Crippen LogP contribution in [0.4, 0.5) is 4.79 Å². The molecule has 1 aromatic carbocycles. The highest BCUT2D eigenvalue weighted by Crippen LogP contribution is 2.35. The Morgan fingerprint density at radius 3 is 2.39 bits per heavy atom. The molecule has 156 valence electrons. The lowest BCUT2D eigenvalue weighted by molar-refractivity contribution is -0.143. The number of carbonyl (C=O) groups is 2. The van der Waals surface area contributed by atoms with Gasteiger partial charge in [0.05, 0.1) is 13.7 Å². The van der Waals surface area contributed by atoms with Crippen molar-refractivity contribution in [3.63, 3.8) is 0 Å². The third-order valence-corrected chi connectivity index (χ3v) is 4.28. The van der Waals surface area contributed by atoms with Crippen LogP contribution in [0.25, 0.3) is 0 Å². The number of benzene rings is 1. The van der Waals surface area contributed by atoms with Gasteiger partial charge >= 0.3 is 12.1 Å². The van der Waals surface area contributed by atoms with Gasteiger partial charge in [0.1, 0.15) is 5.75 Å². The van der Waals surface area contributed by atoms with E-state index >= 15 is 0 Å². The van der Waals surface area contributed by atoms with Gasteiger partial charge in [0, 0.05) is 12.0 Å². The maximum Gasteiger partial charge on any atom is 0.513 e. The molecule has 0 atom stereocenters. The van der Waals surface area contributed by atoms with Crippen molar-refractivity contribution >= 4 is 12.1 Å². The Bertz CT molecular complexity index is 683. The van der Waals surface area contributed by atoms with Gasteiger partial charge in [-0.3, -0.25) is 4.79 Å². The van der Waals surface area contributed by atoms with Crippen LogP contribution >= 0.6 is 0 Å². The van der Waals surface area contributed by atoms with Gasteiger partial charge < -0.3 is 14.2 Å². The van der Waals surface area contributed by atoms with E-state index in [-0.39, 0.29) is 11.4 Å². The lowest BCUT2D eigenvalue weighted by atomic mass is 9.83. The molecule has 0 unspecified atom stereocenters. The van der Waals surface area contributed by atoms with Crippen molar-refractivity contribution < 1.29 is 23.8 Å². The number of esters is 1. The molecule has 0 aliphatic heterocycles. The largest absolute Gasteiger partial charge is 0.513 e. The van der Waals surface area contributed by atoms with Crippen LogP contribution < -0.4 is 4.74 Å². The van der Waals surface area contributed by atoms with Crippen LogP contribution in [-0.4, -0.2) is 25.8 Å². The molecule has 0 N–H and O–H groups in total. The normalized spacial score (nSPS) is 11.5.